The second-order valence-electron chi connectivity index (χ2n) is 2.65. The van der Waals surface area contributed by atoms with Gasteiger partial charge in [0, 0.05) is 5.57 Å². The van der Waals surface area contributed by atoms with Crippen molar-refractivity contribution in [2.45, 2.75) is 32.6 Å². The predicted molar refractivity (Wildman–Crippen MR) is 50.1 cm³/mol. The lowest BCUT2D eigenvalue weighted by atomic mass is 10.1. The Balaban J connectivity index is 4.02. The van der Waals surface area contributed by atoms with Crippen LogP contribution in [0.2, 0.25) is 0 Å². The second kappa shape index (κ2) is 6.65. The zero-order valence-electron chi connectivity index (χ0n) is 7.55. The van der Waals surface area contributed by atoms with Crippen molar-refractivity contribution in [3.63, 3.8) is 0 Å². The van der Waals surface area contributed by atoms with Crippen LogP contribution in [-0.2, 0) is 4.79 Å². The third-order valence-corrected chi connectivity index (χ3v) is 1.57. The van der Waals surface area contributed by atoms with Crippen LogP contribution in [0.3, 0.4) is 0 Å². The van der Waals surface area contributed by atoms with E-state index < -0.39 is 5.97 Å². The van der Waals surface area contributed by atoms with Gasteiger partial charge in [-0.3, -0.25) is 0 Å². The molecule has 0 bridgehead atoms. The molecule has 0 fully saturated rings. The lowest BCUT2D eigenvalue weighted by molar-refractivity contribution is -0.132. The van der Waals surface area contributed by atoms with Crippen molar-refractivity contribution < 1.29 is 9.90 Å². The van der Waals surface area contributed by atoms with E-state index in [-0.39, 0.29) is 0 Å². The summed E-state index contributed by atoms with van der Waals surface area (Å²) in [5.41, 5.74) is 0.511. The van der Waals surface area contributed by atoms with Gasteiger partial charge in [-0.15, -0.1) is 6.58 Å². The lowest BCUT2D eigenvalue weighted by Gasteiger charge is -1.98. The van der Waals surface area contributed by atoms with E-state index in [2.05, 4.69) is 6.58 Å². The van der Waals surface area contributed by atoms with Crippen molar-refractivity contribution >= 4 is 5.97 Å². The first-order valence-corrected chi connectivity index (χ1v) is 4.25. The molecule has 12 heavy (non-hydrogen) atoms. The van der Waals surface area contributed by atoms with Crippen LogP contribution in [0.25, 0.3) is 0 Å². The van der Waals surface area contributed by atoms with Gasteiger partial charge in [0.25, 0.3) is 0 Å². The smallest absolute Gasteiger partial charge is 0.331 e. The third kappa shape index (κ3) is 4.72. The van der Waals surface area contributed by atoms with Gasteiger partial charge in [0.05, 0.1) is 0 Å². The van der Waals surface area contributed by atoms with Crippen molar-refractivity contribution in [2.75, 3.05) is 0 Å². The van der Waals surface area contributed by atoms with E-state index in [1.165, 1.54) is 0 Å². The Morgan fingerprint density at radius 2 is 2.17 bits per heavy atom. The number of carboxylic acids is 1. The maximum Gasteiger partial charge on any atom is 0.331 e. The van der Waals surface area contributed by atoms with Crippen LogP contribution in [0.1, 0.15) is 32.6 Å². The van der Waals surface area contributed by atoms with Crippen molar-refractivity contribution in [3.05, 3.63) is 24.3 Å². The first-order chi connectivity index (χ1) is 5.72. The normalized spacial score (nSPS) is 11.2. The maximum atomic E-state index is 10.6. The minimum Gasteiger partial charge on any atom is -0.478 e. The molecule has 0 aromatic heterocycles. The highest BCUT2D eigenvalue weighted by Gasteiger charge is 2.04. The molecule has 2 heteroatoms. The standard InChI is InChI=1S/C10H16O2/c1-3-5-7-9(10(11)12)8-6-4-2/h3,8H,1,4-7H2,2H3,(H,11,12). The van der Waals surface area contributed by atoms with Crippen molar-refractivity contribution in [1.82, 2.24) is 0 Å². The van der Waals surface area contributed by atoms with E-state index in [1.807, 2.05) is 6.92 Å². The Bertz CT molecular complexity index is 180. The molecule has 0 atom stereocenters. The maximum absolute atomic E-state index is 10.6. The third-order valence-electron chi connectivity index (χ3n) is 1.57. The van der Waals surface area contributed by atoms with Crippen molar-refractivity contribution in [1.29, 1.82) is 0 Å². The van der Waals surface area contributed by atoms with Crippen molar-refractivity contribution in [2.24, 2.45) is 0 Å². The largest absolute Gasteiger partial charge is 0.478 e. The van der Waals surface area contributed by atoms with E-state index in [0.29, 0.717) is 12.0 Å². The molecule has 68 valence electrons. The van der Waals surface area contributed by atoms with Gasteiger partial charge >= 0.3 is 5.97 Å². The molecule has 0 aliphatic carbocycles. The van der Waals surface area contributed by atoms with Crippen LogP contribution >= 0.6 is 0 Å². The molecule has 1 N–H and O–H groups in total. The number of aliphatic carboxylic acids is 1. The highest BCUT2D eigenvalue weighted by Crippen LogP contribution is 2.07. The van der Waals surface area contributed by atoms with Gasteiger partial charge in [-0.1, -0.05) is 25.5 Å². The highest BCUT2D eigenvalue weighted by molar-refractivity contribution is 5.86. The molecule has 0 aromatic rings. The fourth-order valence-electron chi connectivity index (χ4n) is 0.872. The van der Waals surface area contributed by atoms with Gasteiger partial charge in [-0.2, -0.15) is 0 Å². The molecule has 0 spiro atoms. The number of hydrogen-bond donors (Lipinski definition) is 1. The summed E-state index contributed by atoms with van der Waals surface area (Å²) < 4.78 is 0. The van der Waals surface area contributed by atoms with Gasteiger partial charge in [0.1, 0.15) is 0 Å². The van der Waals surface area contributed by atoms with E-state index >= 15 is 0 Å². The molecule has 0 heterocycles. The first-order valence-electron chi connectivity index (χ1n) is 4.25. The molecule has 0 radical (unpaired) electrons. The van der Waals surface area contributed by atoms with Crippen LogP contribution in [-0.4, -0.2) is 11.1 Å². The minimum atomic E-state index is -0.801. The number of rotatable bonds is 6. The second-order valence-corrected chi connectivity index (χ2v) is 2.65. The SMILES string of the molecule is C=CCCC(=CCCC)C(=O)O. The fraction of sp³-hybridized carbons (Fsp3) is 0.500. The summed E-state index contributed by atoms with van der Waals surface area (Å²) in [6, 6.07) is 0. The Kier molecular flexibility index (Phi) is 6.07. The molecule has 0 aliphatic heterocycles. The average Bonchev–Trinajstić information content (AvgIpc) is 2.04. The molecule has 0 aliphatic rings. The van der Waals surface area contributed by atoms with Gasteiger partial charge in [0.2, 0.25) is 0 Å². The Morgan fingerprint density at radius 3 is 2.58 bits per heavy atom. The van der Waals surface area contributed by atoms with Crippen LogP contribution in [0.15, 0.2) is 24.3 Å². The summed E-state index contributed by atoms with van der Waals surface area (Å²) in [4.78, 5) is 10.6. The van der Waals surface area contributed by atoms with Crippen molar-refractivity contribution in [3.8, 4) is 0 Å². The summed E-state index contributed by atoms with van der Waals surface area (Å²) in [7, 11) is 0. The minimum absolute atomic E-state index is 0.511. The number of carbonyl (C=O) groups is 1. The fourth-order valence-corrected chi connectivity index (χ4v) is 0.872. The summed E-state index contributed by atoms with van der Waals surface area (Å²) in [5.74, 6) is -0.801. The monoisotopic (exact) mass is 168 g/mol. The summed E-state index contributed by atoms with van der Waals surface area (Å²) >= 11 is 0. The van der Waals surface area contributed by atoms with E-state index in [0.717, 1.165) is 19.3 Å². The summed E-state index contributed by atoms with van der Waals surface area (Å²) in [6.45, 7) is 5.58. The zero-order chi connectivity index (χ0) is 9.40. The van der Waals surface area contributed by atoms with Gasteiger partial charge in [-0.05, 0) is 19.3 Å². The highest BCUT2D eigenvalue weighted by atomic mass is 16.4. The predicted octanol–water partition coefficient (Wildman–Crippen LogP) is 2.76. The Morgan fingerprint density at radius 1 is 1.50 bits per heavy atom. The molecule has 2 nitrogen and oxygen atoms in total. The van der Waals surface area contributed by atoms with E-state index in [9.17, 15) is 4.79 Å². The van der Waals surface area contributed by atoms with Gasteiger partial charge in [-0.25, -0.2) is 4.79 Å². The zero-order valence-corrected chi connectivity index (χ0v) is 7.55. The molecule has 0 amide bonds. The lowest BCUT2D eigenvalue weighted by Crippen LogP contribution is -2.00. The summed E-state index contributed by atoms with van der Waals surface area (Å²) in [5, 5.41) is 8.72. The number of allylic oxidation sites excluding steroid dienone is 2. The van der Waals surface area contributed by atoms with E-state index in [4.69, 9.17) is 5.11 Å². The van der Waals surface area contributed by atoms with Gasteiger partial charge in [0.15, 0.2) is 0 Å². The number of unbranched alkanes of at least 4 members (excludes halogenated alkanes) is 1. The number of hydrogen-bond acceptors (Lipinski definition) is 1. The summed E-state index contributed by atoms with van der Waals surface area (Å²) in [6.07, 6.45) is 6.71. The quantitative estimate of drug-likeness (QED) is 0.489. The molecule has 0 aromatic carbocycles. The topological polar surface area (TPSA) is 37.3 Å². The molecular weight excluding hydrogens is 152 g/mol. The van der Waals surface area contributed by atoms with Crippen LogP contribution in [0.5, 0.6) is 0 Å². The van der Waals surface area contributed by atoms with Crippen LogP contribution in [0, 0.1) is 0 Å². The Hall–Kier alpha value is -1.05. The molecule has 0 saturated heterocycles. The van der Waals surface area contributed by atoms with Crippen LogP contribution < -0.4 is 0 Å². The average molecular weight is 168 g/mol. The van der Waals surface area contributed by atoms with E-state index in [1.54, 1.807) is 12.2 Å². The Labute approximate surface area is 73.6 Å². The van der Waals surface area contributed by atoms with Crippen LogP contribution in [0.4, 0.5) is 0 Å². The molecule has 0 unspecified atom stereocenters. The number of carboxylic acid groups (broad SMARTS) is 1. The molecule has 0 saturated carbocycles. The molecular formula is C10H16O2. The van der Waals surface area contributed by atoms with Gasteiger partial charge < -0.3 is 5.11 Å². The molecule has 0 rings (SSSR count). The first kappa shape index (κ1) is 11.0.